The summed E-state index contributed by atoms with van der Waals surface area (Å²) in [5, 5.41) is 0.696. The van der Waals surface area contributed by atoms with Crippen molar-refractivity contribution in [3.05, 3.63) is 42.1 Å². The number of carbonyl (C=O) groups excluding carboxylic acids is 1. The van der Waals surface area contributed by atoms with Crippen LogP contribution in [0.1, 0.15) is 10.4 Å². The Morgan fingerprint density at radius 1 is 1.24 bits per heavy atom. The van der Waals surface area contributed by atoms with Gasteiger partial charge in [0.05, 0.1) is 11.1 Å². The van der Waals surface area contributed by atoms with E-state index < -0.39 is 18.6 Å². The number of hydrogen-bond donors (Lipinski definition) is 0. The molecule has 0 N–H and O–H groups in total. The van der Waals surface area contributed by atoms with Crippen LogP contribution in [0, 0.1) is 0 Å². The van der Waals surface area contributed by atoms with Crippen LogP contribution >= 0.6 is 11.6 Å². The number of rotatable bonds is 4. The van der Waals surface area contributed by atoms with Crippen LogP contribution in [0.15, 0.2) is 36.5 Å². The van der Waals surface area contributed by atoms with Gasteiger partial charge in [-0.2, -0.15) is 13.2 Å². The first kappa shape index (κ1) is 15.6. The third kappa shape index (κ3) is 3.85. The quantitative estimate of drug-likeness (QED) is 0.809. The molecule has 1 amide bonds. The Labute approximate surface area is 124 Å². The van der Waals surface area contributed by atoms with Crippen LogP contribution in [0.3, 0.4) is 0 Å². The number of aromatic nitrogens is 1. The van der Waals surface area contributed by atoms with Crippen molar-refractivity contribution in [2.75, 3.05) is 19.0 Å². The summed E-state index contributed by atoms with van der Waals surface area (Å²) in [7, 11) is 0. The van der Waals surface area contributed by atoms with E-state index in [-0.39, 0.29) is 18.0 Å². The zero-order valence-corrected chi connectivity index (χ0v) is 11.7. The van der Waals surface area contributed by atoms with Crippen LogP contribution in [0.5, 0.6) is 0 Å². The predicted octanol–water partition coefficient (Wildman–Crippen LogP) is 3.48. The molecule has 1 aromatic carbocycles. The second kappa shape index (κ2) is 6.30. The van der Waals surface area contributed by atoms with E-state index in [0.717, 1.165) is 0 Å². The van der Waals surface area contributed by atoms with Crippen molar-refractivity contribution in [3.63, 3.8) is 0 Å². The second-order valence-electron chi connectivity index (χ2n) is 4.41. The van der Waals surface area contributed by atoms with Gasteiger partial charge in [0.25, 0.3) is 5.91 Å². The third-order valence-corrected chi connectivity index (χ3v) is 3.04. The molecule has 0 aliphatic carbocycles. The number of carbonyl (C=O) groups is 1. The van der Waals surface area contributed by atoms with E-state index >= 15 is 0 Å². The zero-order valence-electron chi connectivity index (χ0n) is 10.9. The highest BCUT2D eigenvalue weighted by molar-refractivity contribution is 6.18. The maximum absolute atomic E-state index is 12.6. The minimum Gasteiger partial charge on any atom is -0.328 e. The molecule has 21 heavy (non-hydrogen) atoms. The lowest BCUT2D eigenvalue weighted by Gasteiger charge is -2.23. The summed E-state index contributed by atoms with van der Waals surface area (Å²) in [6.07, 6.45) is -2.98. The lowest BCUT2D eigenvalue weighted by atomic mass is 10.1. The van der Waals surface area contributed by atoms with Gasteiger partial charge in [-0.05, 0) is 12.1 Å². The molecular formula is C14H12ClF3N2O. The molecule has 0 saturated carbocycles. The van der Waals surface area contributed by atoms with Gasteiger partial charge in [-0.25, -0.2) is 0 Å². The van der Waals surface area contributed by atoms with E-state index in [1.54, 1.807) is 24.3 Å². The zero-order chi connectivity index (χ0) is 15.5. The molecule has 3 nitrogen and oxygen atoms in total. The molecule has 0 saturated heterocycles. The lowest BCUT2D eigenvalue weighted by molar-refractivity contribution is -0.140. The van der Waals surface area contributed by atoms with Crippen molar-refractivity contribution >= 4 is 28.4 Å². The molecule has 1 heterocycles. The second-order valence-corrected chi connectivity index (χ2v) is 4.79. The topological polar surface area (TPSA) is 33.2 Å². The van der Waals surface area contributed by atoms with Crippen LogP contribution in [-0.2, 0) is 0 Å². The Kier molecular flexibility index (Phi) is 4.67. The van der Waals surface area contributed by atoms with E-state index in [2.05, 4.69) is 4.98 Å². The van der Waals surface area contributed by atoms with Gasteiger partial charge in [0.1, 0.15) is 6.54 Å². The first-order valence-corrected chi connectivity index (χ1v) is 6.71. The molecule has 0 bridgehead atoms. The molecule has 0 atom stereocenters. The van der Waals surface area contributed by atoms with E-state index in [0.29, 0.717) is 15.8 Å². The molecular weight excluding hydrogens is 305 g/mol. The first-order chi connectivity index (χ1) is 9.92. The molecule has 112 valence electrons. The number of benzene rings is 1. The van der Waals surface area contributed by atoms with Crippen molar-refractivity contribution in [1.29, 1.82) is 0 Å². The summed E-state index contributed by atoms with van der Waals surface area (Å²) in [6, 6.07) is 8.27. The Morgan fingerprint density at radius 3 is 2.62 bits per heavy atom. The predicted molar refractivity (Wildman–Crippen MR) is 74.4 cm³/mol. The van der Waals surface area contributed by atoms with Crippen LogP contribution < -0.4 is 0 Å². The van der Waals surface area contributed by atoms with Gasteiger partial charge in [-0.1, -0.05) is 18.2 Å². The van der Waals surface area contributed by atoms with Crippen LogP contribution in [0.25, 0.3) is 10.9 Å². The smallest absolute Gasteiger partial charge is 0.328 e. The number of pyridine rings is 1. The van der Waals surface area contributed by atoms with Gasteiger partial charge in [0, 0.05) is 24.0 Å². The molecule has 7 heteroatoms. The summed E-state index contributed by atoms with van der Waals surface area (Å²) in [5.41, 5.74) is 0.522. The molecule has 0 radical (unpaired) electrons. The fourth-order valence-electron chi connectivity index (χ4n) is 2.02. The van der Waals surface area contributed by atoms with Crippen molar-refractivity contribution in [1.82, 2.24) is 9.88 Å². The molecule has 2 rings (SSSR count). The minimum absolute atomic E-state index is 0.0694. The van der Waals surface area contributed by atoms with Gasteiger partial charge in [0.2, 0.25) is 0 Å². The van der Waals surface area contributed by atoms with Crippen molar-refractivity contribution in [2.24, 2.45) is 0 Å². The average molecular weight is 317 g/mol. The Bertz CT molecular complexity index is 640. The molecule has 1 aromatic heterocycles. The number of alkyl halides is 4. The number of hydrogen-bond acceptors (Lipinski definition) is 2. The highest BCUT2D eigenvalue weighted by Gasteiger charge is 2.33. The van der Waals surface area contributed by atoms with Crippen LogP contribution in [0.2, 0.25) is 0 Å². The SMILES string of the molecule is O=C(c1cccc2cccnc12)N(CCCl)CC(F)(F)F. The number of fused-ring (bicyclic) bond motifs is 1. The Morgan fingerprint density at radius 2 is 1.95 bits per heavy atom. The molecule has 0 aliphatic rings. The van der Waals surface area contributed by atoms with Crippen LogP contribution in [-0.4, -0.2) is 40.9 Å². The number of nitrogens with zero attached hydrogens (tertiary/aromatic N) is 2. The van der Waals surface area contributed by atoms with E-state index in [9.17, 15) is 18.0 Å². The molecule has 0 aliphatic heterocycles. The minimum atomic E-state index is -4.47. The lowest BCUT2D eigenvalue weighted by Crippen LogP contribution is -2.40. The van der Waals surface area contributed by atoms with E-state index in [1.165, 1.54) is 12.3 Å². The van der Waals surface area contributed by atoms with Crippen molar-refractivity contribution in [2.45, 2.75) is 6.18 Å². The monoisotopic (exact) mass is 316 g/mol. The summed E-state index contributed by atoms with van der Waals surface area (Å²) in [5.74, 6) is -0.794. The number of halogens is 4. The summed E-state index contributed by atoms with van der Waals surface area (Å²) in [6.45, 7) is -1.51. The third-order valence-electron chi connectivity index (χ3n) is 2.87. The molecule has 2 aromatic rings. The average Bonchev–Trinajstić information content (AvgIpc) is 2.44. The number of para-hydroxylation sites is 1. The van der Waals surface area contributed by atoms with Gasteiger partial charge in [0.15, 0.2) is 0 Å². The molecule has 0 spiro atoms. The normalized spacial score (nSPS) is 11.6. The fraction of sp³-hybridized carbons (Fsp3) is 0.286. The summed E-state index contributed by atoms with van der Waals surface area (Å²) < 4.78 is 37.7. The highest BCUT2D eigenvalue weighted by Crippen LogP contribution is 2.21. The summed E-state index contributed by atoms with van der Waals surface area (Å²) >= 11 is 5.50. The van der Waals surface area contributed by atoms with Gasteiger partial charge >= 0.3 is 6.18 Å². The van der Waals surface area contributed by atoms with E-state index in [1.807, 2.05) is 0 Å². The first-order valence-electron chi connectivity index (χ1n) is 6.18. The maximum atomic E-state index is 12.6. The largest absolute Gasteiger partial charge is 0.406 e. The Hall–Kier alpha value is -1.82. The van der Waals surface area contributed by atoms with Gasteiger partial charge < -0.3 is 4.90 Å². The van der Waals surface area contributed by atoms with Crippen LogP contribution in [0.4, 0.5) is 13.2 Å². The number of amides is 1. The summed E-state index contributed by atoms with van der Waals surface area (Å²) in [4.78, 5) is 17.1. The van der Waals surface area contributed by atoms with E-state index in [4.69, 9.17) is 11.6 Å². The fourth-order valence-corrected chi connectivity index (χ4v) is 2.22. The maximum Gasteiger partial charge on any atom is 0.406 e. The van der Waals surface area contributed by atoms with Crippen molar-refractivity contribution in [3.8, 4) is 0 Å². The van der Waals surface area contributed by atoms with Crippen molar-refractivity contribution < 1.29 is 18.0 Å². The Balaban J connectivity index is 2.39. The van der Waals surface area contributed by atoms with Gasteiger partial charge in [-0.3, -0.25) is 9.78 Å². The standard InChI is InChI=1S/C14H12ClF3N2O/c15-6-8-20(9-14(16,17)18)13(21)11-5-1-3-10-4-2-7-19-12(10)11/h1-5,7H,6,8-9H2. The molecule has 0 fully saturated rings. The van der Waals surface area contributed by atoms with Gasteiger partial charge in [-0.15, -0.1) is 11.6 Å². The molecule has 0 unspecified atom stereocenters. The highest BCUT2D eigenvalue weighted by atomic mass is 35.5.